The highest BCUT2D eigenvalue weighted by Crippen LogP contribution is 2.20. The van der Waals surface area contributed by atoms with Crippen LogP contribution in [-0.2, 0) is 7.05 Å². The number of halogens is 1. The summed E-state index contributed by atoms with van der Waals surface area (Å²) >= 11 is 5.94. The Morgan fingerprint density at radius 3 is 2.79 bits per heavy atom. The molecule has 19 heavy (non-hydrogen) atoms. The summed E-state index contributed by atoms with van der Waals surface area (Å²) in [5.74, 6) is 0.542. The molecule has 0 aliphatic carbocycles. The van der Waals surface area contributed by atoms with Gasteiger partial charge in [0.05, 0.1) is 17.5 Å². The predicted molar refractivity (Wildman–Crippen MR) is 77.7 cm³/mol. The number of aryl methyl sites for hydroxylation is 1. The lowest BCUT2D eigenvalue weighted by atomic mass is 9.95. The lowest BCUT2D eigenvalue weighted by Crippen LogP contribution is -2.34. The smallest absolute Gasteiger partial charge is 0.287 e. The molecule has 1 rings (SSSR count). The third-order valence-electron chi connectivity index (χ3n) is 3.00. The number of nitrogens with zero attached hydrogens (tertiary/aromatic N) is 2. The zero-order chi connectivity index (χ0) is 14.6. The maximum absolute atomic E-state index is 11.6. The van der Waals surface area contributed by atoms with Crippen molar-refractivity contribution in [3.8, 4) is 0 Å². The van der Waals surface area contributed by atoms with E-state index in [2.05, 4.69) is 24.3 Å². The first-order valence-corrected chi connectivity index (χ1v) is 6.79. The second kappa shape index (κ2) is 6.39. The first-order valence-electron chi connectivity index (χ1n) is 6.41. The molecule has 0 saturated carbocycles. The zero-order valence-electron chi connectivity index (χ0n) is 11.9. The molecule has 0 aliphatic heterocycles. The molecule has 108 valence electrons. The molecule has 1 atom stereocenters. The Hall–Kier alpha value is -1.07. The molecular weight excluding hydrogens is 266 g/mol. The summed E-state index contributed by atoms with van der Waals surface area (Å²) in [6, 6.07) is 0. The second-order valence-corrected chi connectivity index (χ2v) is 5.96. The molecule has 1 heterocycles. The lowest BCUT2D eigenvalue weighted by molar-refractivity contribution is 0.0586. The Morgan fingerprint density at radius 1 is 1.58 bits per heavy atom. The van der Waals surface area contributed by atoms with E-state index >= 15 is 0 Å². The summed E-state index contributed by atoms with van der Waals surface area (Å²) in [6.45, 7) is 6.33. The van der Waals surface area contributed by atoms with E-state index < -0.39 is 5.60 Å². The molecule has 0 fully saturated rings. The standard InChI is InChI=1S/C13H22ClN3O2/c1-9(2)5-6-13(3,19)8-15-10-7-16-17(4)12(18)11(10)14/h7,9,15,19H,5-6,8H2,1-4H3. The molecular formula is C13H22ClN3O2. The van der Waals surface area contributed by atoms with Crippen LogP contribution in [0.4, 0.5) is 5.69 Å². The van der Waals surface area contributed by atoms with Crippen LogP contribution < -0.4 is 10.9 Å². The highest BCUT2D eigenvalue weighted by molar-refractivity contribution is 6.32. The molecule has 0 bridgehead atoms. The average molecular weight is 288 g/mol. The van der Waals surface area contributed by atoms with E-state index in [-0.39, 0.29) is 10.6 Å². The van der Waals surface area contributed by atoms with Gasteiger partial charge in [0.1, 0.15) is 5.02 Å². The van der Waals surface area contributed by atoms with Crippen molar-refractivity contribution < 1.29 is 5.11 Å². The minimum absolute atomic E-state index is 0.0946. The van der Waals surface area contributed by atoms with Crippen molar-refractivity contribution in [1.82, 2.24) is 9.78 Å². The maximum Gasteiger partial charge on any atom is 0.287 e. The fourth-order valence-electron chi connectivity index (χ4n) is 1.61. The molecule has 1 aromatic heterocycles. The van der Waals surface area contributed by atoms with Crippen LogP contribution in [0.15, 0.2) is 11.0 Å². The number of aromatic nitrogens is 2. The van der Waals surface area contributed by atoms with Crippen LogP contribution in [0.1, 0.15) is 33.6 Å². The van der Waals surface area contributed by atoms with Gasteiger partial charge in [-0.1, -0.05) is 25.4 Å². The second-order valence-electron chi connectivity index (χ2n) is 5.58. The minimum atomic E-state index is -0.839. The summed E-state index contributed by atoms with van der Waals surface area (Å²) in [4.78, 5) is 11.6. The fourth-order valence-corrected chi connectivity index (χ4v) is 1.85. The Kier molecular flexibility index (Phi) is 5.38. The summed E-state index contributed by atoms with van der Waals surface area (Å²) in [5, 5.41) is 17.2. The number of aliphatic hydroxyl groups is 1. The molecule has 1 aromatic rings. The van der Waals surface area contributed by atoms with Crippen molar-refractivity contribution >= 4 is 17.3 Å². The fraction of sp³-hybridized carbons (Fsp3) is 0.692. The van der Waals surface area contributed by atoms with Gasteiger partial charge in [-0.2, -0.15) is 5.10 Å². The van der Waals surface area contributed by atoms with Gasteiger partial charge >= 0.3 is 0 Å². The Morgan fingerprint density at radius 2 is 2.21 bits per heavy atom. The predicted octanol–water partition coefficient (Wildman–Crippen LogP) is 2.03. The molecule has 0 saturated heterocycles. The summed E-state index contributed by atoms with van der Waals surface area (Å²) in [7, 11) is 1.54. The largest absolute Gasteiger partial charge is 0.388 e. The summed E-state index contributed by atoms with van der Waals surface area (Å²) in [5.41, 5.74) is -0.739. The topological polar surface area (TPSA) is 67.2 Å². The molecule has 1 unspecified atom stereocenters. The van der Waals surface area contributed by atoms with Crippen molar-refractivity contribution in [2.75, 3.05) is 11.9 Å². The van der Waals surface area contributed by atoms with E-state index in [1.165, 1.54) is 17.9 Å². The summed E-state index contributed by atoms with van der Waals surface area (Å²) in [6.07, 6.45) is 3.12. The third-order valence-corrected chi connectivity index (χ3v) is 3.36. The van der Waals surface area contributed by atoms with Crippen LogP contribution in [0.2, 0.25) is 5.02 Å². The molecule has 0 aromatic carbocycles. The van der Waals surface area contributed by atoms with Gasteiger partial charge in [-0.15, -0.1) is 0 Å². The van der Waals surface area contributed by atoms with E-state index in [1.54, 1.807) is 6.92 Å². The van der Waals surface area contributed by atoms with Gasteiger partial charge in [0.15, 0.2) is 0 Å². The zero-order valence-corrected chi connectivity index (χ0v) is 12.7. The van der Waals surface area contributed by atoms with Crippen LogP contribution in [0.25, 0.3) is 0 Å². The number of hydrogen-bond donors (Lipinski definition) is 2. The number of rotatable bonds is 6. The van der Waals surface area contributed by atoms with Gasteiger partial charge in [0.25, 0.3) is 5.56 Å². The highest BCUT2D eigenvalue weighted by Gasteiger charge is 2.21. The average Bonchev–Trinajstić information content (AvgIpc) is 2.33. The van der Waals surface area contributed by atoms with E-state index in [4.69, 9.17) is 11.6 Å². The van der Waals surface area contributed by atoms with Crippen LogP contribution in [-0.4, -0.2) is 27.0 Å². The van der Waals surface area contributed by atoms with Crippen molar-refractivity contribution in [2.45, 2.75) is 39.2 Å². The molecule has 5 nitrogen and oxygen atoms in total. The van der Waals surface area contributed by atoms with Gasteiger partial charge in [-0.25, -0.2) is 4.68 Å². The highest BCUT2D eigenvalue weighted by atomic mass is 35.5. The SMILES string of the molecule is CC(C)CCC(C)(O)CNc1cnn(C)c(=O)c1Cl. The maximum atomic E-state index is 11.6. The van der Waals surface area contributed by atoms with Gasteiger partial charge in [-0.05, 0) is 25.7 Å². The van der Waals surface area contributed by atoms with E-state index in [0.717, 1.165) is 6.42 Å². The van der Waals surface area contributed by atoms with Gasteiger partial charge in [-0.3, -0.25) is 4.79 Å². The molecule has 6 heteroatoms. The molecule has 2 N–H and O–H groups in total. The molecule has 0 spiro atoms. The molecule has 0 amide bonds. The Labute approximate surface area is 118 Å². The van der Waals surface area contributed by atoms with Crippen molar-refractivity contribution in [2.24, 2.45) is 13.0 Å². The normalized spacial score (nSPS) is 14.5. The molecule has 0 aliphatic rings. The van der Waals surface area contributed by atoms with Crippen LogP contribution in [0.5, 0.6) is 0 Å². The van der Waals surface area contributed by atoms with Gasteiger partial charge in [0, 0.05) is 13.6 Å². The van der Waals surface area contributed by atoms with Gasteiger partial charge in [0.2, 0.25) is 0 Å². The van der Waals surface area contributed by atoms with E-state index in [1.807, 2.05) is 0 Å². The van der Waals surface area contributed by atoms with Gasteiger partial charge < -0.3 is 10.4 Å². The number of hydrogen-bond acceptors (Lipinski definition) is 4. The van der Waals surface area contributed by atoms with E-state index in [0.29, 0.717) is 24.6 Å². The summed E-state index contributed by atoms with van der Waals surface area (Å²) < 4.78 is 1.17. The lowest BCUT2D eigenvalue weighted by Gasteiger charge is -2.25. The number of anilines is 1. The van der Waals surface area contributed by atoms with E-state index in [9.17, 15) is 9.90 Å². The molecule has 0 radical (unpaired) electrons. The minimum Gasteiger partial charge on any atom is -0.388 e. The van der Waals surface area contributed by atoms with Crippen LogP contribution in [0.3, 0.4) is 0 Å². The third kappa shape index (κ3) is 4.84. The first kappa shape index (κ1) is 16.0. The first-order chi connectivity index (χ1) is 8.73. The van der Waals surface area contributed by atoms with Crippen molar-refractivity contribution in [3.63, 3.8) is 0 Å². The van der Waals surface area contributed by atoms with Crippen LogP contribution in [0, 0.1) is 5.92 Å². The monoisotopic (exact) mass is 287 g/mol. The van der Waals surface area contributed by atoms with Crippen LogP contribution >= 0.6 is 11.6 Å². The quantitative estimate of drug-likeness (QED) is 0.840. The Balaban J connectivity index is 2.66. The number of nitrogens with one attached hydrogen (secondary N) is 1. The van der Waals surface area contributed by atoms with Crippen molar-refractivity contribution in [3.05, 3.63) is 21.6 Å². The Bertz CT molecular complexity index is 483. The van der Waals surface area contributed by atoms with Crippen molar-refractivity contribution in [1.29, 1.82) is 0 Å².